The lowest BCUT2D eigenvalue weighted by atomic mass is 10.2. The molecular formula is C21H29N7O2. The normalized spacial score (nSPS) is 17.4. The Bertz CT molecular complexity index is 809. The van der Waals surface area contributed by atoms with Crippen molar-refractivity contribution in [1.82, 2.24) is 9.97 Å². The first-order valence-electron chi connectivity index (χ1n) is 10.3. The van der Waals surface area contributed by atoms with Gasteiger partial charge in [-0.05, 0) is 17.7 Å². The van der Waals surface area contributed by atoms with Gasteiger partial charge in [-0.15, -0.1) is 0 Å². The van der Waals surface area contributed by atoms with E-state index < -0.39 is 0 Å². The molecule has 2 aliphatic rings. The Morgan fingerprint density at radius 3 is 2.20 bits per heavy atom. The lowest BCUT2D eigenvalue weighted by molar-refractivity contribution is 0.121. The van der Waals surface area contributed by atoms with E-state index in [-0.39, 0.29) is 0 Å². The maximum atomic E-state index is 5.48. The van der Waals surface area contributed by atoms with Crippen molar-refractivity contribution in [3.05, 3.63) is 35.9 Å². The molecule has 1 aromatic carbocycles. The molecule has 0 atom stereocenters. The van der Waals surface area contributed by atoms with Crippen molar-refractivity contribution in [3.8, 4) is 0 Å². The van der Waals surface area contributed by atoms with Crippen LogP contribution >= 0.6 is 0 Å². The van der Waals surface area contributed by atoms with Crippen molar-refractivity contribution in [2.75, 3.05) is 86.8 Å². The van der Waals surface area contributed by atoms with Crippen molar-refractivity contribution in [2.24, 2.45) is 5.10 Å². The number of morpholine rings is 2. The molecule has 2 saturated heterocycles. The second-order valence-corrected chi connectivity index (χ2v) is 7.47. The maximum Gasteiger partial charge on any atom is 0.229 e. The standard InChI is InChI=1S/C21H29N7O2/c1-26(2)18-5-3-17(4-6-18)16-22-25-19-15-20(27-7-11-29-12-8-27)24-21(23-19)28-9-13-30-14-10-28/h3-6,15-16H,7-14H2,1-2H3,(H,23,24,25)/b22-16-. The summed E-state index contributed by atoms with van der Waals surface area (Å²) in [7, 11) is 4.05. The second kappa shape index (κ2) is 9.73. The quantitative estimate of drug-likeness (QED) is 0.568. The summed E-state index contributed by atoms with van der Waals surface area (Å²) in [4.78, 5) is 15.9. The monoisotopic (exact) mass is 411 g/mol. The van der Waals surface area contributed by atoms with Gasteiger partial charge in [0.1, 0.15) is 5.82 Å². The summed E-state index contributed by atoms with van der Waals surface area (Å²) in [5, 5.41) is 4.39. The molecule has 30 heavy (non-hydrogen) atoms. The van der Waals surface area contributed by atoms with E-state index in [9.17, 15) is 0 Å². The Hall–Kier alpha value is -2.91. The average molecular weight is 412 g/mol. The van der Waals surface area contributed by atoms with Crippen molar-refractivity contribution in [1.29, 1.82) is 0 Å². The van der Waals surface area contributed by atoms with E-state index in [4.69, 9.17) is 19.4 Å². The van der Waals surface area contributed by atoms with Crippen LogP contribution in [0.25, 0.3) is 0 Å². The van der Waals surface area contributed by atoms with Gasteiger partial charge in [-0.2, -0.15) is 15.1 Å². The van der Waals surface area contributed by atoms with Gasteiger partial charge >= 0.3 is 0 Å². The van der Waals surface area contributed by atoms with E-state index in [1.165, 1.54) is 0 Å². The van der Waals surface area contributed by atoms with Crippen LogP contribution in [0.4, 0.5) is 23.3 Å². The van der Waals surface area contributed by atoms with Gasteiger partial charge in [-0.25, -0.2) is 0 Å². The first-order chi connectivity index (χ1) is 14.7. The Morgan fingerprint density at radius 2 is 1.57 bits per heavy atom. The number of hydrogen-bond donors (Lipinski definition) is 1. The van der Waals surface area contributed by atoms with Gasteiger partial charge in [-0.3, -0.25) is 5.43 Å². The van der Waals surface area contributed by atoms with Gasteiger partial charge in [0.05, 0.1) is 32.6 Å². The van der Waals surface area contributed by atoms with Crippen molar-refractivity contribution in [3.63, 3.8) is 0 Å². The van der Waals surface area contributed by atoms with Gasteiger partial charge in [0.25, 0.3) is 0 Å². The Morgan fingerprint density at radius 1 is 0.933 bits per heavy atom. The van der Waals surface area contributed by atoms with Crippen LogP contribution in [0.3, 0.4) is 0 Å². The van der Waals surface area contributed by atoms with E-state index in [1.54, 1.807) is 6.21 Å². The second-order valence-electron chi connectivity index (χ2n) is 7.47. The molecule has 9 nitrogen and oxygen atoms in total. The molecule has 2 fully saturated rings. The molecule has 0 unspecified atom stereocenters. The predicted molar refractivity (Wildman–Crippen MR) is 120 cm³/mol. The third kappa shape index (κ3) is 5.17. The number of benzene rings is 1. The largest absolute Gasteiger partial charge is 0.378 e. The highest BCUT2D eigenvalue weighted by Crippen LogP contribution is 2.22. The van der Waals surface area contributed by atoms with Crippen molar-refractivity contribution < 1.29 is 9.47 Å². The van der Waals surface area contributed by atoms with Crippen molar-refractivity contribution >= 4 is 29.5 Å². The zero-order valence-electron chi connectivity index (χ0n) is 17.6. The van der Waals surface area contributed by atoms with E-state index in [0.717, 1.165) is 43.2 Å². The van der Waals surface area contributed by atoms with Gasteiger partial charge in [0.2, 0.25) is 5.95 Å². The predicted octanol–water partition coefficient (Wildman–Crippen LogP) is 1.66. The lowest BCUT2D eigenvalue weighted by Gasteiger charge is -2.31. The van der Waals surface area contributed by atoms with Gasteiger partial charge in [-0.1, -0.05) is 12.1 Å². The number of hydrogen-bond acceptors (Lipinski definition) is 9. The first kappa shape index (κ1) is 20.4. The van der Waals surface area contributed by atoms with Crippen molar-refractivity contribution in [2.45, 2.75) is 0 Å². The first-order valence-corrected chi connectivity index (χ1v) is 10.3. The van der Waals surface area contributed by atoms with Crippen LogP contribution in [0, 0.1) is 0 Å². The summed E-state index contributed by atoms with van der Waals surface area (Å²) < 4.78 is 10.9. The number of aromatic nitrogens is 2. The lowest BCUT2D eigenvalue weighted by Crippen LogP contribution is -2.39. The van der Waals surface area contributed by atoms with E-state index in [1.807, 2.05) is 32.3 Å². The SMILES string of the molecule is CN(C)c1ccc(/C=N\Nc2cc(N3CCOCC3)nc(N3CCOCC3)n2)cc1. The molecule has 0 aliphatic carbocycles. The molecule has 1 aromatic heterocycles. The molecule has 160 valence electrons. The highest BCUT2D eigenvalue weighted by molar-refractivity contribution is 5.81. The average Bonchev–Trinajstić information content (AvgIpc) is 2.80. The van der Waals surface area contributed by atoms with Crippen LogP contribution in [0.15, 0.2) is 35.4 Å². The Labute approximate surface area is 177 Å². The summed E-state index contributed by atoms with van der Waals surface area (Å²) in [6, 6.07) is 10.2. The molecule has 0 spiro atoms. The van der Waals surface area contributed by atoms with Crippen LogP contribution in [0.2, 0.25) is 0 Å². The van der Waals surface area contributed by atoms with E-state index in [0.29, 0.717) is 38.2 Å². The van der Waals surface area contributed by atoms with Gasteiger partial charge in [0, 0.05) is 52.0 Å². The highest BCUT2D eigenvalue weighted by Gasteiger charge is 2.19. The fraction of sp³-hybridized carbons (Fsp3) is 0.476. The smallest absolute Gasteiger partial charge is 0.229 e. The Balaban J connectivity index is 1.51. The zero-order chi connectivity index (χ0) is 20.8. The van der Waals surface area contributed by atoms with Gasteiger partial charge in [0.15, 0.2) is 5.82 Å². The van der Waals surface area contributed by atoms with Crippen LogP contribution < -0.4 is 20.1 Å². The number of rotatable bonds is 6. The number of hydrazone groups is 1. The third-order valence-corrected chi connectivity index (χ3v) is 5.13. The molecule has 4 rings (SSSR count). The minimum Gasteiger partial charge on any atom is -0.378 e. The molecule has 2 aromatic rings. The minimum absolute atomic E-state index is 0.675. The molecule has 0 radical (unpaired) electrons. The van der Waals surface area contributed by atoms with Crippen LogP contribution in [0.1, 0.15) is 5.56 Å². The molecule has 9 heteroatoms. The van der Waals surface area contributed by atoms with Crippen LogP contribution in [-0.4, -0.2) is 82.9 Å². The maximum absolute atomic E-state index is 5.48. The summed E-state index contributed by atoms with van der Waals surface area (Å²) in [5.41, 5.74) is 5.25. The molecule has 0 amide bonds. The van der Waals surface area contributed by atoms with E-state index in [2.05, 4.69) is 37.4 Å². The molecule has 2 aliphatic heterocycles. The fourth-order valence-electron chi connectivity index (χ4n) is 3.37. The minimum atomic E-state index is 0.675. The number of nitrogens with zero attached hydrogens (tertiary/aromatic N) is 6. The zero-order valence-corrected chi connectivity index (χ0v) is 17.6. The molecule has 0 saturated carbocycles. The third-order valence-electron chi connectivity index (χ3n) is 5.13. The summed E-state index contributed by atoms with van der Waals surface area (Å²) in [6.07, 6.45) is 1.80. The topological polar surface area (TPSA) is 78.3 Å². The van der Waals surface area contributed by atoms with Crippen LogP contribution in [-0.2, 0) is 9.47 Å². The Kier molecular flexibility index (Phi) is 6.60. The number of anilines is 4. The molecule has 3 heterocycles. The molecule has 1 N–H and O–H groups in total. The molecular weight excluding hydrogens is 382 g/mol. The van der Waals surface area contributed by atoms with Crippen LogP contribution in [0.5, 0.6) is 0 Å². The summed E-state index contributed by atoms with van der Waals surface area (Å²) in [6.45, 7) is 6.01. The number of nitrogens with one attached hydrogen (secondary N) is 1. The molecule has 0 bridgehead atoms. The summed E-state index contributed by atoms with van der Waals surface area (Å²) >= 11 is 0. The van der Waals surface area contributed by atoms with E-state index >= 15 is 0 Å². The highest BCUT2D eigenvalue weighted by atomic mass is 16.5. The fourth-order valence-corrected chi connectivity index (χ4v) is 3.37. The van der Waals surface area contributed by atoms with Gasteiger partial charge < -0.3 is 24.2 Å². The summed E-state index contributed by atoms with van der Waals surface area (Å²) in [5.74, 6) is 2.27. The number of ether oxygens (including phenoxy) is 2.